The second-order valence-electron chi connectivity index (χ2n) is 6.34. The van der Waals surface area contributed by atoms with Gasteiger partial charge in [0.1, 0.15) is 5.69 Å². The van der Waals surface area contributed by atoms with Crippen molar-refractivity contribution in [3.63, 3.8) is 0 Å². The van der Waals surface area contributed by atoms with Crippen LogP contribution in [0.5, 0.6) is 0 Å². The first-order valence-corrected chi connectivity index (χ1v) is 9.48. The van der Waals surface area contributed by atoms with Gasteiger partial charge in [-0.25, -0.2) is 14.2 Å². The van der Waals surface area contributed by atoms with Crippen molar-refractivity contribution in [2.24, 2.45) is 7.05 Å². The Bertz CT molecular complexity index is 1090. The second-order valence-corrected chi connectivity index (χ2v) is 7.29. The Morgan fingerprint density at radius 2 is 2.07 bits per heavy atom. The number of hydrogen-bond donors (Lipinski definition) is 1. The van der Waals surface area contributed by atoms with Gasteiger partial charge in [0.25, 0.3) is 11.5 Å². The van der Waals surface area contributed by atoms with Crippen molar-refractivity contribution in [2.45, 2.75) is 25.4 Å². The molecule has 1 aliphatic carbocycles. The van der Waals surface area contributed by atoms with E-state index in [1.54, 1.807) is 15.9 Å². The number of nitrogens with one attached hydrogen (secondary N) is 1. The van der Waals surface area contributed by atoms with Gasteiger partial charge in [0.05, 0.1) is 11.4 Å². The topological polar surface area (TPSA) is 104 Å². The summed E-state index contributed by atoms with van der Waals surface area (Å²) < 4.78 is 4.24. The minimum absolute atomic E-state index is 0.146. The summed E-state index contributed by atoms with van der Waals surface area (Å²) in [6.45, 7) is 0.489. The fourth-order valence-electron chi connectivity index (χ4n) is 2.79. The first-order valence-electron chi connectivity index (χ1n) is 8.60. The molecule has 140 valence electrons. The third kappa shape index (κ3) is 3.47. The van der Waals surface area contributed by atoms with Crippen LogP contribution in [-0.4, -0.2) is 36.6 Å². The van der Waals surface area contributed by atoms with E-state index in [4.69, 9.17) is 0 Å². The van der Waals surface area contributed by atoms with Gasteiger partial charge in [0, 0.05) is 25.7 Å². The van der Waals surface area contributed by atoms with Crippen LogP contribution in [0.2, 0.25) is 0 Å². The third-order valence-electron chi connectivity index (χ3n) is 4.33. The zero-order valence-corrected chi connectivity index (χ0v) is 15.5. The minimum atomic E-state index is -0.404. The van der Waals surface area contributed by atoms with Gasteiger partial charge in [0.15, 0.2) is 5.82 Å². The molecule has 27 heavy (non-hydrogen) atoms. The highest BCUT2D eigenvalue weighted by molar-refractivity contribution is 7.13. The standard InChI is InChI=1S/C17H18N6O3S/c1-21-14(24)7-6-12(19-21)16(25)18-8-9-22-17(26)23(11-4-5-11)15(20-22)13-3-2-10-27-13/h2-3,6-7,10-11H,4-5,8-9H2,1H3,(H,18,25). The molecule has 0 radical (unpaired) electrons. The van der Waals surface area contributed by atoms with Crippen LogP contribution in [0.3, 0.4) is 0 Å². The largest absolute Gasteiger partial charge is 0.349 e. The molecule has 1 aliphatic rings. The molecule has 4 rings (SSSR count). The number of hydrogen-bond acceptors (Lipinski definition) is 6. The number of rotatable bonds is 6. The predicted octanol–water partition coefficient (Wildman–Crippen LogP) is 0.632. The molecular weight excluding hydrogens is 368 g/mol. The van der Waals surface area contributed by atoms with Crippen LogP contribution in [0.15, 0.2) is 39.2 Å². The van der Waals surface area contributed by atoms with E-state index in [1.165, 1.54) is 23.9 Å². The fourth-order valence-corrected chi connectivity index (χ4v) is 3.50. The van der Waals surface area contributed by atoms with Crippen molar-refractivity contribution in [3.05, 3.63) is 56.2 Å². The molecule has 1 N–H and O–H groups in total. The van der Waals surface area contributed by atoms with Crippen molar-refractivity contribution in [2.75, 3.05) is 6.54 Å². The lowest BCUT2D eigenvalue weighted by atomic mass is 10.3. The Morgan fingerprint density at radius 1 is 1.26 bits per heavy atom. The summed E-state index contributed by atoms with van der Waals surface area (Å²) in [5.41, 5.74) is -0.299. The highest BCUT2D eigenvalue weighted by Gasteiger charge is 2.30. The fraction of sp³-hybridized carbons (Fsp3) is 0.353. The van der Waals surface area contributed by atoms with Crippen LogP contribution in [0.25, 0.3) is 10.7 Å². The van der Waals surface area contributed by atoms with Crippen molar-refractivity contribution < 1.29 is 4.79 Å². The minimum Gasteiger partial charge on any atom is -0.349 e. The highest BCUT2D eigenvalue weighted by atomic mass is 32.1. The van der Waals surface area contributed by atoms with Crippen molar-refractivity contribution in [3.8, 4) is 10.7 Å². The van der Waals surface area contributed by atoms with E-state index in [1.807, 2.05) is 17.5 Å². The molecule has 3 aromatic rings. The molecule has 1 amide bonds. The van der Waals surface area contributed by atoms with Crippen LogP contribution in [0.4, 0.5) is 0 Å². The molecule has 0 atom stereocenters. The SMILES string of the molecule is Cn1nc(C(=O)NCCn2nc(-c3cccs3)n(C3CC3)c2=O)ccc1=O. The summed E-state index contributed by atoms with van der Waals surface area (Å²) in [7, 11) is 1.48. The summed E-state index contributed by atoms with van der Waals surface area (Å²) in [4.78, 5) is 37.2. The Balaban J connectivity index is 1.48. The summed E-state index contributed by atoms with van der Waals surface area (Å²) >= 11 is 1.54. The number of aryl methyl sites for hydroxylation is 1. The van der Waals surface area contributed by atoms with Gasteiger partial charge in [-0.05, 0) is 30.4 Å². The first kappa shape index (κ1) is 17.4. The zero-order valence-electron chi connectivity index (χ0n) is 14.7. The van der Waals surface area contributed by atoms with Crippen LogP contribution >= 0.6 is 11.3 Å². The van der Waals surface area contributed by atoms with Crippen LogP contribution in [0, 0.1) is 0 Å². The normalized spacial score (nSPS) is 13.7. The Kier molecular flexibility index (Phi) is 4.48. The first-order chi connectivity index (χ1) is 13.0. The third-order valence-corrected chi connectivity index (χ3v) is 5.19. The average molecular weight is 386 g/mol. The van der Waals surface area contributed by atoms with Gasteiger partial charge in [-0.2, -0.15) is 5.10 Å². The van der Waals surface area contributed by atoms with Crippen molar-refractivity contribution in [1.82, 2.24) is 29.4 Å². The molecule has 0 saturated heterocycles. The molecule has 0 bridgehead atoms. The number of amides is 1. The van der Waals surface area contributed by atoms with Crippen LogP contribution < -0.4 is 16.6 Å². The molecule has 3 aromatic heterocycles. The molecule has 0 aromatic carbocycles. The molecular formula is C17H18N6O3S. The summed E-state index contributed by atoms with van der Waals surface area (Å²) in [6, 6.07) is 6.76. The number of carbonyl (C=O) groups is 1. The van der Waals surface area contributed by atoms with E-state index in [9.17, 15) is 14.4 Å². The van der Waals surface area contributed by atoms with Crippen LogP contribution in [0.1, 0.15) is 29.4 Å². The van der Waals surface area contributed by atoms with E-state index in [-0.39, 0.29) is 36.1 Å². The highest BCUT2D eigenvalue weighted by Crippen LogP contribution is 2.37. The molecule has 3 heterocycles. The zero-order chi connectivity index (χ0) is 19.0. The molecule has 0 aliphatic heterocycles. The molecule has 1 fully saturated rings. The lowest BCUT2D eigenvalue weighted by molar-refractivity contribution is 0.0944. The van der Waals surface area contributed by atoms with Gasteiger partial charge in [-0.3, -0.25) is 14.2 Å². The van der Waals surface area contributed by atoms with Crippen molar-refractivity contribution in [1.29, 1.82) is 0 Å². The smallest absolute Gasteiger partial charge is 0.346 e. The Morgan fingerprint density at radius 3 is 2.74 bits per heavy atom. The lowest BCUT2D eigenvalue weighted by Crippen LogP contribution is -2.33. The van der Waals surface area contributed by atoms with Gasteiger partial charge >= 0.3 is 5.69 Å². The molecule has 0 spiro atoms. The second kappa shape index (κ2) is 6.95. The summed E-state index contributed by atoms with van der Waals surface area (Å²) in [6.07, 6.45) is 1.97. The molecule has 10 heteroatoms. The maximum Gasteiger partial charge on any atom is 0.346 e. The number of thiophene rings is 1. The van der Waals surface area contributed by atoms with E-state index in [0.29, 0.717) is 5.82 Å². The maximum absolute atomic E-state index is 12.7. The van der Waals surface area contributed by atoms with E-state index in [2.05, 4.69) is 15.5 Å². The van der Waals surface area contributed by atoms with Crippen LogP contribution in [-0.2, 0) is 13.6 Å². The lowest BCUT2D eigenvalue weighted by Gasteiger charge is -2.05. The van der Waals surface area contributed by atoms with Crippen molar-refractivity contribution >= 4 is 17.2 Å². The number of nitrogens with zero attached hydrogens (tertiary/aromatic N) is 5. The summed E-state index contributed by atoms with van der Waals surface area (Å²) in [5, 5.41) is 13.0. The Hall–Kier alpha value is -3.01. The predicted molar refractivity (Wildman–Crippen MR) is 99.9 cm³/mol. The Labute approximate surface area is 157 Å². The molecule has 1 saturated carbocycles. The quantitative estimate of drug-likeness (QED) is 0.669. The van der Waals surface area contributed by atoms with E-state index < -0.39 is 5.91 Å². The maximum atomic E-state index is 12.7. The number of aromatic nitrogens is 5. The van der Waals surface area contributed by atoms with Gasteiger partial charge < -0.3 is 5.32 Å². The van der Waals surface area contributed by atoms with E-state index in [0.717, 1.165) is 22.4 Å². The average Bonchev–Trinajstić information content (AvgIpc) is 3.22. The monoisotopic (exact) mass is 386 g/mol. The molecule has 0 unspecified atom stereocenters. The summed E-state index contributed by atoms with van der Waals surface area (Å²) in [5.74, 6) is 0.280. The molecule has 9 nitrogen and oxygen atoms in total. The van der Waals surface area contributed by atoms with Gasteiger partial charge in [0.2, 0.25) is 0 Å². The van der Waals surface area contributed by atoms with E-state index >= 15 is 0 Å². The number of carbonyl (C=O) groups excluding carboxylic acids is 1. The van der Waals surface area contributed by atoms with Gasteiger partial charge in [-0.1, -0.05) is 6.07 Å². The van der Waals surface area contributed by atoms with Gasteiger partial charge in [-0.15, -0.1) is 16.4 Å².